The van der Waals surface area contributed by atoms with Crippen LogP contribution in [-0.4, -0.2) is 0 Å². The summed E-state index contributed by atoms with van der Waals surface area (Å²) in [5.41, 5.74) is 7.85. The number of rotatable bonds is 3. The molecule has 2 aromatic carbocycles. The van der Waals surface area contributed by atoms with Gasteiger partial charge in [0.05, 0.1) is 0 Å². The Morgan fingerprint density at radius 3 is 2.67 bits per heavy atom. The summed E-state index contributed by atoms with van der Waals surface area (Å²) in [6.07, 6.45) is 0.491. The molecule has 2 aromatic rings. The first-order valence-electron chi connectivity index (χ1n) is 5.52. The summed E-state index contributed by atoms with van der Waals surface area (Å²) in [7, 11) is 0. The lowest BCUT2D eigenvalue weighted by Crippen LogP contribution is -2.15. The third kappa shape index (κ3) is 3.30. The van der Waals surface area contributed by atoms with Crippen molar-refractivity contribution in [3.8, 4) is 0 Å². The van der Waals surface area contributed by atoms with Gasteiger partial charge < -0.3 is 5.73 Å². The number of nitrogens with two attached hydrogens (primary N) is 1. The van der Waals surface area contributed by atoms with Gasteiger partial charge in [0.25, 0.3) is 0 Å². The topological polar surface area (TPSA) is 26.0 Å². The summed E-state index contributed by atoms with van der Waals surface area (Å²) in [5, 5.41) is 0. The van der Waals surface area contributed by atoms with E-state index >= 15 is 0 Å². The number of halogens is 3. The molecule has 0 bridgehead atoms. The number of hydrogen-bond donors (Lipinski definition) is 1. The average Bonchev–Trinajstić information content (AvgIpc) is 2.34. The highest BCUT2D eigenvalue weighted by Crippen LogP contribution is 2.24. The minimum atomic E-state index is -0.209. The lowest BCUT2D eigenvalue weighted by molar-refractivity contribution is 0.592. The van der Waals surface area contributed by atoms with Gasteiger partial charge in [0.2, 0.25) is 0 Å². The Labute approximate surface area is 128 Å². The van der Waals surface area contributed by atoms with Crippen molar-refractivity contribution in [2.45, 2.75) is 12.5 Å². The van der Waals surface area contributed by atoms with E-state index in [1.165, 1.54) is 6.07 Å². The van der Waals surface area contributed by atoms with Crippen molar-refractivity contribution < 1.29 is 4.39 Å². The number of benzene rings is 2. The second-order valence-electron chi connectivity index (χ2n) is 4.07. The molecule has 0 aliphatic rings. The van der Waals surface area contributed by atoms with Crippen molar-refractivity contribution >= 4 is 38.5 Å². The van der Waals surface area contributed by atoms with Crippen molar-refractivity contribution in [3.05, 3.63) is 67.5 Å². The largest absolute Gasteiger partial charge is 0.324 e. The minimum absolute atomic E-state index is 0.193. The molecule has 18 heavy (non-hydrogen) atoms. The summed E-state index contributed by atoms with van der Waals surface area (Å²) in [4.78, 5) is 0. The molecule has 0 saturated carbocycles. The van der Waals surface area contributed by atoms with E-state index in [0.717, 1.165) is 13.6 Å². The van der Waals surface area contributed by atoms with E-state index in [1.807, 2.05) is 24.3 Å². The lowest BCUT2D eigenvalue weighted by Gasteiger charge is -2.14. The van der Waals surface area contributed by atoms with E-state index in [9.17, 15) is 4.39 Å². The number of hydrogen-bond acceptors (Lipinski definition) is 1. The molecule has 0 fully saturated rings. The van der Waals surface area contributed by atoms with E-state index in [2.05, 4.69) is 38.5 Å². The lowest BCUT2D eigenvalue weighted by atomic mass is 9.99. The van der Waals surface area contributed by atoms with Crippen LogP contribution in [0.5, 0.6) is 0 Å². The molecule has 0 aliphatic carbocycles. The molecule has 0 saturated heterocycles. The Morgan fingerprint density at radius 2 is 1.94 bits per heavy atom. The summed E-state index contributed by atoms with van der Waals surface area (Å²) >= 11 is 5.60. The predicted molar refractivity (Wildman–Crippen MR) is 83.9 cm³/mol. The summed E-state index contributed by atoms with van der Waals surface area (Å²) in [6, 6.07) is 12.7. The van der Waals surface area contributed by atoms with E-state index in [0.29, 0.717) is 12.0 Å². The van der Waals surface area contributed by atoms with Gasteiger partial charge in [-0.05, 0) is 64.4 Å². The first-order valence-corrected chi connectivity index (χ1v) is 7.39. The van der Waals surface area contributed by atoms with E-state index in [1.54, 1.807) is 12.1 Å². The third-order valence-corrected chi connectivity index (χ3v) is 4.23. The standard InChI is InChI=1S/C14H12BrFIN/c15-10-5-6-12(16)9(7-10)8-14(18)11-3-1-2-4-13(11)17/h1-7,14H,8,18H2. The summed E-state index contributed by atoms with van der Waals surface area (Å²) in [6.45, 7) is 0. The van der Waals surface area contributed by atoms with Gasteiger partial charge in [-0.15, -0.1) is 0 Å². The fourth-order valence-corrected chi connectivity index (χ4v) is 3.02. The Kier molecular flexibility index (Phi) is 4.75. The first kappa shape index (κ1) is 14.0. The van der Waals surface area contributed by atoms with Crippen LogP contribution in [0.3, 0.4) is 0 Å². The van der Waals surface area contributed by atoms with E-state index in [4.69, 9.17) is 5.73 Å². The van der Waals surface area contributed by atoms with Crippen LogP contribution in [0.2, 0.25) is 0 Å². The highest BCUT2D eigenvalue weighted by molar-refractivity contribution is 14.1. The average molecular weight is 420 g/mol. The highest BCUT2D eigenvalue weighted by atomic mass is 127. The van der Waals surface area contributed by atoms with E-state index in [-0.39, 0.29) is 11.9 Å². The van der Waals surface area contributed by atoms with Gasteiger partial charge in [0, 0.05) is 14.1 Å². The predicted octanol–water partition coefficient (Wildman–Crippen LogP) is 4.44. The molecule has 0 radical (unpaired) electrons. The third-order valence-electron chi connectivity index (χ3n) is 2.75. The quantitative estimate of drug-likeness (QED) is 0.731. The maximum Gasteiger partial charge on any atom is 0.126 e. The van der Waals surface area contributed by atoms with E-state index < -0.39 is 0 Å². The van der Waals surface area contributed by atoms with Crippen LogP contribution in [0.15, 0.2) is 46.9 Å². The van der Waals surface area contributed by atoms with Crippen LogP contribution < -0.4 is 5.73 Å². The zero-order valence-corrected chi connectivity index (χ0v) is 13.3. The molecule has 4 heteroatoms. The molecule has 1 unspecified atom stereocenters. The Morgan fingerprint density at radius 1 is 1.22 bits per heavy atom. The van der Waals surface area contributed by atoms with Gasteiger partial charge in [0.1, 0.15) is 5.82 Å². The molecule has 0 spiro atoms. The monoisotopic (exact) mass is 419 g/mol. The Hall–Kier alpha value is -0.460. The van der Waals surface area contributed by atoms with Crippen LogP contribution in [0.25, 0.3) is 0 Å². The highest BCUT2D eigenvalue weighted by Gasteiger charge is 2.12. The van der Waals surface area contributed by atoms with Crippen molar-refractivity contribution in [2.75, 3.05) is 0 Å². The van der Waals surface area contributed by atoms with Crippen molar-refractivity contribution in [1.82, 2.24) is 0 Å². The zero-order chi connectivity index (χ0) is 13.1. The van der Waals surface area contributed by atoms with Crippen molar-refractivity contribution in [1.29, 1.82) is 0 Å². The maximum absolute atomic E-state index is 13.7. The van der Waals surface area contributed by atoms with Gasteiger partial charge in [-0.3, -0.25) is 0 Å². The van der Waals surface area contributed by atoms with Crippen molar-refractivity contribution in [2.24, 2.45) is 5.73 Å². The van der Waals surface area contributed by atoms with Gasteiger partial charge in [-0.2, -0.15) is 0 Å². The molecule has 2 N–H and O–H groups in total. The SMILES string of the molecule is NC(Cc1cc(Br)ccc1F)c1ccccc1I. The normalized spacial score (nSPS) is 12.4. The van der Waals surface area contributed by atoms with Gasteiger partial charge >= 0.3 is 0 Å². The van der Waals surface area contributed by atoms with Crippen molar-refractivity contribution in [3.63, 3.8) is 0 Å². The fourth-order valence-electron chi connectivity index (χ4n) is 1.82. The first-order chi connectivity index (χ1) is 8.58. The molecule has 0 aromatic heterocycles. The smallest absolute Gasteiger partial charge is 0.126 e. The molecule has 0 aliphatic heterocycles. The van der Waals surface area contributed by atoms with Crippen LogP contribution in [0, 0.1) is 9.39 Å². The van der Waals surface area contributed by atoms with Gasteiger partial charge in [-0.25, -0.2) is 4.39 Å². The molecule has 1 nitrogen and oxygen atoms in total. The molecule has 1 atom stereocenters. The summed E-state index contributed by atoms with van der Waals surface area (Å²) in [5.74, 6) is -0.209. The molecule has 0 amide bonds. The molecule has 2 rings (SSSR count). The van der Waals surface area contributed by atoms with Crippen LogP contribution in [0.1, 0.15) is 17.2 Å². The van der Waals surface area contributed by atoms with Crippen LogP contribution in [0.4, 0.5) is 4.39 Å². The Bertz CT molecular complexity index is 559. The zero-order valence-electron chi connectivity index (χ0n) is 9.54. The van der Waals surface area contributed by atoms with Crippen LogP contribution >= 0.6 is 38.5 Å². The fraction of sp³-hybridized carbons (Fsp3) is 0.143. The molecule has 94 valence electrons. The Balaban J connectivity index is 2.24. The maximum atomic E-state index is 13.7. The summed E-state index contributed by atoms with van der Waals surface area (Å²) < 4.78 is 15.6. The van der Waals surface area contributed by atoms with Crippen LogP contribution in [-0.2, 0) is 6.42 Å². The molecular weight excluding hydrogens is 408 g/mol. The second-order valence-corrected chi connectivity index (χ2v) is 6.15. The van der Waals surface area contributed by atoms with Gasteiger partial charge in [-0.1, -0.05) is 34.1 Å². The molecule has 0 heterocycles. The minimum Gasteiger partial charge on any atom is -0.324 e. The van der Waals surface area contributed by atoms with Gasteiger partial charge in [0.15, 0.2) is 0 Å². The molecular formula is C14H12BrFIN. The second kappa shape index (κ2) is 6.12.